The Bertz CT molecular complexity index is 353. The Morgan fingerprint density at radius 1 is 1.11 bits per heavy atom. The van der Waals surface area contributed by atoms with Crippen molar-refractivity contribution in [1.29, 1.82) is 0 Å². The fourth-order valence-corrected chi connectivity index (χ4v) is 3.55. The van der Waals surface area contributed by atoms with Crippen molar-refractivity contribution in [3.05, 3.63) is 35.9 Å². The molecule has 0 saturated heterocycles. The van der Waals surface area contributed by atoms with E-state index in [1.54, 1.807) is 0 Å². The Hall–Kier alpha value is -0.860. The zero-order valence-electron chi connectivity index (χ0n) is 11.6. The van der Waals surface area contributed by atoms with Gasteiger partial charge in [0.1, 0.15) is 0 Å². The molecule has 1 aromatic rings. The highest BCUT2D eigenvalue weighted by Crippen LogP contribution is 2.44. The SMILES string of the molecule is CCN(CC)C1(C(O)c2ccccc2)CCCC1. The normalized spacial score (nSPS) is 20.2. The van der Waals surface area contributed by atoms with Gasteiger partial charge in [-0.25, -0.2) is 0 Å². The van der Waals surface area contributed by atoms with Crippen molar-refractivity contribution >= 4 is 0 Å². The van der Waals surface area contributed by atoms with E-state index in [-0.39, 0.29) is 11.6 Å². The van der Waals surface area contributed by atoms with Crippen molar-refractivity contribution in [1.82, 2.24) is 4.90 Å². The summed E-state index contributed by atoms with van der Waals surface area (Å²) in [6.45, 7) is 6.42. The van der Waals surface area contributed by atoms with E-state index in [1.165, 1.54) is 12.8 Å². The summed E-state index contributed by atoms with van der Waals surface area (Å²) in [4.78, 5) is 2.46. The second-order valence-corrected chi connectivity index (χ2v) is 5.30. The van der Waals surface area contributed by atoms with Gasteiger partial charge in [0.25, 0.3) is 0 Å². The van der Waals surface area contributed by atoms with Crippen LogP contribution in [0.15, 0.2) is 30.3 Å². The van der Waals surface area contributed by atoms with E-state index < -0.39 is 0 Å². The first kappa shape index (κ1) is 13.6. The van der Waals surface area contributed by atoms with Crippen LogP contribution in [0.4, 0.5) is 0 Å². The predicted octanol–water partition coefficient (Wildman–Crippen LogP) is 3.37. The van der Waals surface area contributed by atoms with Gasteiger partial charge in [0.2, 0.25) is 0 Å². The highest BCUT2D eigenvalue weighted by Gasteiger charge is 2.44. The number of aliphatic hydroxyl groups is 1. The third-order valence-electron chi connectivity index (χ3n) is 4.49. The van der Waals surface area contributed by atoms with Gasteiger partial charge in [-0.2, -0.15) is 0 Å². The van der Waals surface area contributed by atoms with E-state index in [0.717, 1.165) is 31.5 Å². The largest absolute Gasteiger partial charge is 0.386 e. The van der Waals surface area contributed by atoms with Crippen molar-refractivity contribution < 1.29 is 5.11 Å². The molecule has 2 nitrogen and oxygen atoms in total. The minimum absolute atomic E-state index is 0.0369. The molecule has 1 unspecified atom stereocenters. The maximum Gasteiger partial charge on any atom is 0.0973 e. The zero-order chi connectivity index (χ0) is 13.0. The summed E-state index contributed by atoms with van der Waals surface area (Å²) < 4.78 is 0. The Kier molecular flexibility index (Phi) is 4.41. The van der Waals surface area contributed by atoms with Crippen molar-refractivity contribution in [2.75, 3.05) is 13.1 Å². The van der Waals surface area contributed by atoms with Gasteiger partial charge in [0.05, 0.1) is 11.6 Å². The number of hydrogen-bond acceptors (Lipinski definition) is 2. The fraction of sp³-hybridized carbons (Fsp3) is 0.625. The number of hydrogen-bond donors (Lipinski definition) is 1. The highest BCUT2D eigenvalue weighted by molar-refractivity contribution is 5.22. The second-order valence-electron chi connectivity index (χ2n) is 5.30. The van der Waals surface area contributed by atoms with Gasteiger partial charge in [-0.15, -0.1) is 0 Å². The third-order valence-corrected chi connectivity index (χ3v) is 4.49. The first-order valence-electron chi connectivity index (χ1n) is 7.22. The Labute approximate surface area is 111 Å². The molecule has 0 bridgehead atoms. The van der Waals surface area contributed by atoms with Crippen LogP contribution in [-0.2, 0) is 0 Å². The van der Waals surface area contributed by atoms with Crippen LogP contribution >= 0.6 is 0 Å². The zero-order valence-corrected chi connectivity index (χ0v) is 11.6. The summed E-state index contributed by atoms with van der Waals surface area (Å²) in [6, 6.07) is 10.1. The average molecular weight is 247 g/mol. The number of nitrogens with zero attached hydrogens (tertiary/aromatic N) is 1. The lowest BCUT2D eigenvalue weighted by Crippen LogP contribution is -2.51. The van der Waals surface area contributed by atoms with Crippen molar-refractivity contribution in [2.45, 2.75) is 51.2 Å². The van der Waals surface area contributed by atoms with E-state index in [4.69, 9.17) is 0 Å². The molecule has 1 fully saturated rings. The van der Waals surface area contributed by atoms with E-state index >= 15 is 0 Å². The molecule has 1 saturated carbocycles. The summed E-state index contributed by atoms with van der Waals surface area (Å²) in [5.74, 6) is 0. The predicted molar refractivity (Wildman–Crippen MR) is 75.5 cm³/mol. The molecule has 0 spiro atoms. The molecule has 0 aliphatic heterocycles. The molecule has 1 aliphatic rings. The van der Waals surface area contributed by atoms with Crippen LogP contribution < -0.4 is 0 Å². The molecule has 2 heteroatoms. The summed E-state index contributed by atoms with van der Waals surface area (Å²) in [7, 11) is 0. The van der Waals surface area contributed by atoms with Crippen LogP contribution in [0.5, 0.6) is 0 Å². The van der Waals surface area contributed by atoms with Crippen LogP contribution in [0, 0.1) is 0 Å². The fourth-order valence-electron chi connectivity index (χ4n) is 3.55. The van der Waals surface area contributed by atoms with Gasteiger partial charge < -0.3 is 5.11 Å². The molecular weight excluding hydrogens is 222 g/mol. The molecule has 1 aromatic carbocycles. The minimum atomic E-state index is -0.360. The quantitative estimate of drug-likeness (QED) is 0.862. The average Bonchev–Trinajstić information content (AvgIpc) is 2.91. The van der Waals surface area contributed by atoms with Crippen LogP contribution in [0.2, 0.25) is 0 Å². The van der Waals surface area contributed by atoms with Crippen LogP contribution in [0.25, 0.3) is 0 Å². The monoisotopic (exact) mass is 247 g/mol. The van der Waals surface area contributed by atoms with Gasteiger partial charge in [-0.3, -0.25) is 4.90 Å². The van der Waals surface area contributed by atoms with Gasteiger partial charge >= 0.3 is 0 Å². The molecule has 1 atom stereocenters. The molecule has 1 aliphatic carbocycles. The Morgan fingerprint density at radius 2 is 1.67 bits per heavy atom. The van der Waals surface area contributed by atoms with Crippen LogP contribution in [-0.4, -0.2) is 28.6 Å². The van der Waals surface area contributed by atoms with E-state index in [2.05, 4.69) is 18.7 Å². The summed E-state index contributed by atoms with van der Waals surface area (Å²) in [5, 5.41) is 10.9. The molecule has 0 amide bonds. The lowest BCUT2D eigenvalue weighted by atomic mass is 9.84. The molecule has 2 rings (SSSR count). The van der Waals surface area contributed by atoms with Gasteiger partial charge in [-0.1, -0.05) is 57.0 Å². The maximum absolute atomic E-state index is 10.9. The summed E-state index contributed by atoms with van der Waals surface area (Å²) >= 11 is 0. The minimum Gasteiger partial charge on any atom is -0.386 e. The van der Waals surface area contributed by atoms with Gasteiger partial charge in [0.15, 0.2) is 0 Å². The molecule has 1 N–H and O–H groups in total. The third kappa shape index (κ3) is 2.32. The lowest BCUT2D eigenvalue weighted by Gasteiger charge is -2.44. The van der Waals surface area contributed by atoms with Gasteiger partial charge in [0, 0.05) is 0 Å². The first-order valence-corrected chi connectivity index (χ1v) is 7.22. The number of rotatable bonds is 5. The standard InChI is InChI=1S/C16H25NO/c1-3-17(4-2)16(12-8-9-13-16)15(18)14-10-6-5-7-11-14/h5-7,10-11,15,18H,3-4,8-9,12-13H2,1-2H3. The van der Waals surface area contributed by atoms with Crippen molar-refractivity contribution in [2.24, 2.45) is 0 Å². The van der Waals surface area contributed by atoms with E-state index in [0.29, 0.717) is 0 Å². The van der Waals surface area contributed by atoms with Gasteiger partial charge in [-0.05, 0) is 31.5 Å². The van der Waals surface area contributed by atoms with E-state index in [1.807, 2.05) is 30.3 Å². The number of aliphatic hydroxyl groups excluding tert-OH is 1. The molecule has 100 valence electrons. The maximum atomic E-state index is 10.9. The van der Waals surface area contributed by atoms with Crippen LogP contribution in [0.1, 0.15) is 51.2 Å². The van der Waals surface area contributed by atoms with Crippen LogP contribution in [0.3, 0.4) is 0 Å². The molecule has 0 heterocycles. The lowest BCUT2D eigenvalue weighted by molar-refractivity contribution is -0.0268. The summed E-state index contributed by atoms with van der Waals surface area (Å²) in [6.07, 6.45) is 4.34. The van der Waals surface area contributed by atoms with E-state index in [9.17, 15) is 5.11 Å². The first-order chi connectivity index (χ1) is 8.74. The van der Waals surface area contributed by atoms with Crippen molar-refractivity contribution in [3.8, 4) is 0 Å². The Morgan fingerprint density at radius 3 is 2.17 bits per heavy atom. The topological polar surface area (TPSA) is 23.5 Å². The number of benzene rings is 1. The number of likely N-dealkylation sites (N-methyl/N-ethyl adjacent to an activating group) is 1. The molecule has 0 aromatic heterocycles. The molecule has 18 heavy (non-hydrogen) atoms. The molecule has 0 radical (unpaired) electrons. The van der Waals surface area contributed by atoms with Crippen molar-refractivity contribution in [3.63, 3.8) is 0 Å². The Balaban J connectivity index is 2.30. The highest BCUT2D eigenvalue weighted by atomic mass is 16.3. The second kappa shape index (κ2) is 5.85. The summed E-state index contributed by atoms with van der Waals surface area (Å²) in [5.41, 5.74) is 1.02. The molecular formula is C16H25NO. The smallest absolute Gasteiger partial charge is 0.0973 e.